The van der Waals surface area contributed by atoms with E-state index in [9.17, 15) is 0 Å². The Kier molecular flexibility index (Phi) is 6.68. The fourth-order valence-corrected chi connectivity index (χ4v) is 2.64. The average molecular weight is 344 g/mol. The van der Waals surface area contributed by atoms with Crippen molar-refractivity contribution in [3.63, 3.8) is 0 Å². The van der Waals surface area contributed by atoms with Gasteiger partial charge >= 0.3 is 0 Å². The Hall–Kier alpha value is -1.41. The van der Waals surface area contributed by atoms with Gasteiger partial charge < -0.3 is 0 Å². The van der Waals surface area contributed by atoms with Crippen molar-refractivity contribution in [1.82, 2.24) is 4.98 Å². The van der Waals surface area contributed by atoms with Crippen molar-refractivity contribution in [2.75, 3.05) is 5.33 Å². The number of halogens is 1. The van der Waals surface area contributed by atoms with Gasteiger partial charge in [-0.05, 0) is 24.6 Å². The smallest absolute Gasteiger partial charge is 0.0709 e. The van der Waals surface area contributed by atoms with Gasteiger partial charge in [0.2, 0.25) is 0 Å². The first-order chi connectivity index (χ1) is 10.3. The van der Waals surface area contributed by atoms with Crippen molar-refractivity contribution in [3.8, 4) is 0 Å². The highest BCUT2D eigenvalue weighted by molar-refractivity contribution is 9.09. The number of hydrogen-bond donors (Lipinski definition) is 0. The third-order valence-corrected chi connectivity index (χ3v) is 3.97. The van der Waals surface area contributed by atoms with Crippen LogP contribution in [0.15, 0.2) is 54.6 Å². The second kappa shape index (κ2) is 8.78. The van der Waals surface area contributed by atoms with E-state index in [0.717, 1.165) is 11.0 Å². The molecule has 0 fully saturated rings. The van der Waals surface area contributed by atoms with Crippen molar-refractivity contribution >= 4 is 37.7 Å². The molecule has 110 valence electrons. The van der Waals surface area contributed by atoms with Crippen LogP contribution in [0.3, 0.4) is 0 Å². The summed E-state index contributed by atoms with van der Waals surface area (Å²) in [5.74, 6) is 0. The molecular weight excluding hydrogens is 322 g/mol. The number of nitrogens with zero attached hydrogens (tertiary/aromatic N) is 1. The van der Waals surface area contributed by atoms with E-state index in [1.165, 1.54) is 41.8 Å². The normalized spacial score (nSPS) is 10.4. The Bertz CT molecular complexity index is 569. The van der Waals surface area contributed by atoms with E-state index < -0.39 is 0 Å². The van der Waals surface area contributed by atoms with Crippen LogP contribution in [0.25, 0.3) is 21.8 Å². The highest BCUT2D eigenvalue weighted by atomic mass is 79.9. The van der Waals surface area contributed by atoms with Crippen LogP contribution in [-0.4, -0.2) is 10.3 Å². The standard InChI is InChI=1S/C13H9N.C6H13Br/c1-3-7-12-10(5-1)9-11-6-2-4-8-13(11)14-12;1-2-3-4-5-6-7/h1-9H;2-6H2,1H3. The molecule has 0 unspecified atom stereocenters. The first kappa shape index (κ1) is 16.0. The molecule has 0 radical (unpaired) electrons. The zero-order chi connectivity index (χ0) is 14.9. The molecule has 0 N–H and O–H groups in total. The minimum atomic E-state index is 1.06. The molecule has 0 saturated carbocycles. The van der Waals surface area contributed by atoms with Crippen LogP contribution < -0.4 is 0 Å². The molecule has 3 aromatic rings. The third kappa shape index (κ3) is 4.82. The van der Waals surface area contributed by atoms with Crippen molar-refractivity contribution in [2.45, 2.75) is 32.6 Å². The molecule has 0 aliphatic heterocycles. The Morgan fingerprint density at radius 2 is 1.38 bits per heavy atom. The number of para-hydroxylation sites is 2. The lowest BCUT2D eigenvalue weighted by Gasteiger charge is -1.99. The number of aromatic nitrogens is 1. The van der Waals surface area contributed by atoms with Gasteiger partial charge in [-0.2, -0.15) is 0 Å². The van der Waals surface area contributed by atoms with E-state index in [-0.39, 0.29) is 0 Å². The van der Waals surface area contributed by atoms with Crippen LogP contribution in [0.4, 0.5) is 0 Å². The third-order valence-electron chi connectivity index (χ3n) is 3.41. The molecule has 0 amide bonds. The molecule has 2 heteroatoms. The lowest BCUT2D eigenvalue weighted by Crippen LogP contribution is -1.80. The van der Waals surface area contributed by atoms with Crippen LogP contribution in [0, 0.1) is 0 Å². The number of pyridine rings is 1. The fraction of sp³-hybridized carbons (Fsp3) is 0.316. The van der Waals surface area contributed by atoms with Crippen LogP contribution in [0.5, 0.6) is 0 Å². The number of fused-ring (bicyclic) bond motifs is 2. The van der Waals surface area contributed by atoms with Crippen molar-refractivity contribution in [1.29, 1.82) is 0 Å². The molecule has 0 aliphatic rings. The lowest BCUT2D eigenvalue weighted by molar-refractivity contribution is 0.708. The monoisotopic (exact) mass is 343 g/mol. The quantitative estimate of drug-likeness (QED) is 0.305. The molecule has 1 aromatic heterocycles. The second-order valence-corrected chi connectivity index (χ2v) is 5.92. The van der Waals surface area contributed by atoms with Crippen molar-refractivity contribution in [2.24, 2.45) is 0 Å². The SMILES string of the molecule is CCCCCCBr.c1ccc2nc3ccccc3cc2c1. The van der Waals surface area contributed by atoms with Crippen LogP contribution in [-0.2, 0) is 0 Å². The average Bonchev–Trinajstić information content (AvgIpc) is 2.54. The second-order valence-electron chi connectivity index (χ2n) is 5.12. The molecule has 1 heterocycles. The number of unbranched alkanes of at least 4 members (excludes halogenated alkanes) is 3. The Balaban J connectivity index is 0.000000199. The number of alkyl halides is 1. The molecule has 0 bridgehead atoms. The van der Waals surface area contributed by atoms with E-state index in [2.05, 4.69) is 46.0 Å². The van der Waals surface area contributed by atoms with Gasteiger partial charge in [0, 0.05) is 16.1 Å². The lowest BCUT2D eigenvalue weighted by atomic mass is 10.1. The zero-order valence-corrected chi connectivity index (χ0v) is 14.1. The Morgan fingerprint density at radius 1 is 0.810 bits per heavy atom. The van der Waals surface area contributed by atoms with Crippen molar-refractivity contribution < 1.29 is 0 Å². The summed E-state index contributed by atoms with van der Waals surface area (Å²) in [7, 11) is 0. The minimum Gasteiger partial charge on any atom is -0.248 e. The molecule has 3 rings (SSSR count). The maximum Gasteiger partial charge on any atom is 0.0709 e. The predicted octanol–water partition coefficient (Wildman–Crippen LogP) is 6.35. The van der Waals surface area contributed by atoms with Crippen molar-refractivity contribution in [3.05, 3.63) is 54.6 Å². The largest absolute Gasteiger partial charge is 0.248 e. The van der Waals surface area contributed by atoms with Gasteiger partial charge in [0.05, 0.1) is 11.0 Å². The van der Waals surface area contributed by atoms with E-state index in [1.54, 1.807) is 0 Å². The zero-order valence-electron chi connectivity index (χ0n) is 12.6. The summed E-state index contributed by atoms with van der Waals surface area (Å²) in [5, 5.41) is 3.57. The van der Waals surface area contributed by atoms with Gasteiger partial charge in [-0.25, -0.2) is 4.98 Å². The van der Waals surface area contributed by atoms with Gasteiger partial charge in [0.1, 0.15) is 0 Å². The first-order valence-corrected chi connectivity index (χ1v) is 8.78. The first-order valence-electron chi connectivity index (χ1n) is 7.65. The predicted molar refractivity (Wildman–Crippen MR) is 97.2 cm³/mol. The van der Waals surface area contributed by atoms with Gasteiger partial charge in [-0.1, -0.05) is 78.5 Å². The van der Waals surface area contributed by atoms with E-state index >= 15 is 0 Å². The van der Waals surface area contributed by atoms with E-state index in [1.807, 2.05) is 36.4 Å². The molecule has 0 saturated heterocycles. The summed E-state index contributed by atoms with van der Waals surface area (Å²) >= 11 is 3.38. The van der Waals surface area contributed by atoms with E-state index in [4.69, 9.17) is 0 Å². The molecule has 2 aromatic carbocycles. The maximum atomic E-state index is 4.58. The van der Waals surface area contributed by atoms with Gasteiger partial charge in [-0.3, -0.25) is 0 Å². The molecule has 21 heavy (non-hydrogen) atoms. The molecular formula is C19H22BrN. The Morgan fingerprint density at radius 3 is 1.90 bits per heavy atom. The minimum absolute atomic E-state index is 1.06. The molecule has 0 aliphatic carbocycles. The van der Waals surface area contributed by atoms with E-state index in [0.29, 0.717) is 0 Å². The summed E-state index contributed by atoms with van der Waals surface area (Å²) < 4.78 is 0. The summed E-state index contributed by atoms with van der Waals surface area (Å²) in [4.78, 5) is 4.58. The summed E-state index contributed by atoms with van der Waals surface area (Å²) in [6.07, 6.45) is 5.47. The molecule has 0 spiro atoms. The number of benzene rings is 2. The Labute approximate surface area is 135 Å². The van der Waals surface area contributed by atoms with Gasteiger partial charge in [0.25, 0.3) is 0 Å². The number of hydrogen-bond acceptors (Lipinski definition) is 1. The van der Waals surface area contributed by atoms with Gasteiger partial charge in [0.15, 0.2) is 0 Å². The van der Waals surface area contributed by atoms with Gasteiger partial charge in [-0.15, -0.1) is 0 Å². The highest BCUT2D eigenvalue weighted by Crippen LogP contribution is 2.18. The van der Waals surface area contributed by atoms with Crippen LogP contribution in [0.2, 0.25) is 0 Å². The van der Waals surface area contributed by atoms with Crippen LogP contribution in [0.1, 0.15) is 32.6 Å². The summed E-state index contributed by atoms with van der Waals surface area (Å²) in [5.41, 5.74) is 2.12. The highest BCUT2D eigenvalue weighted by Gasteiger charge is 1.96. The number of rotatable bonds is 4. The van der Waals surface area contributed by atoms with Crippen LogP contribution >= 0.6 is 15.9 Å². The molecule has 1 nitrogen and oxygen atoms in total. The fourth-order valence-electron chi connectivity index (χ4n) is 2.24. The summed E-state index contributed by atoms with van der Waals surface area (Å²) in [6.45, 7) is 2.23. The molecule has 0 atom stereocenters. The topological polar surface area (TPSA) is 12.9 Å². The summed E-state index contributed by atoms with van der Waals surface area (Å²) in [6, 6.07) is 18.6. The maximum absolute atomic E-state index is 4.58.